The summed E-state index contributed by atoms with van der Waals surface area (Å²) in [5.74, 6) is 1.77. The van der Waals surface area contributed by atoms with Gasteiger partial charge in [0.15, 0.2) is 0 Å². The van der Waals surface area contributed by atoms with Crippen LogP contribution in [-0.2, 0) is 12.8 Å². The number of ether oxygens (including phenoxy) is 1. The third-order valence-corrected chi connectivity index (χ3v) is 6.50. The van der Waals surface area contributed by atoms with Crippen molar-refractivity contribution >= 4 is 0 Å². The molecular weight excluding hydrogens is 368 g/mol. The minimum Gasteiger partial charge on any atom is -0.493 e. The third-order valence-electron chi connectivity index (χ3n) is 6.50. The Hall–Kier alpha value is -1.87. The molecule has 2 unspecified atom stereocenters. The Morgan fingerprint density at radius 2 is 1.97 bits per heavy atom. The van der Waals surface area contributed by atoms with Gasteiger partial charge in [0.2, 0.25) is 0 Å². The molecule has 1 fully saturated rings. The monoisotopic (exact) mass is 408 g/mol. The Morgan fingerprint density at radius 3 is 2.67 bits per heavy atom. The fraction of sp³-hybridized carbons (Fsp3) is 0.593. The third kappa shape index (κ3) is 5.85. The van der Waals surface area contributed by atoms with Crippen LogP contribution in [0.1, 0.15) is 81.2 Å². The van der Waals surface area contributed by atoms with Crippen LogP contribution in [0.25, 0.3) is 0 Å². The standard InChI is InChI=1S/C27H40N2O/c1-5-8-16-30-27-21(4)17-23(18-22(27)11-6-2)24-19-26(29(7-3)20-24)14-13-25-12-9-10-15-28-25/h9-10,12,15,17-18,24,26H,5-8,11,13-14,16,19-20H2,1-4H3. The van der Waals surface area contributed by atoms with Crippen molar-refractivity contribution in [2.75, 3.05) is 19.7 Å². The van der Waals surface area contributed by atoms with Crippen molar-refractivity contribution in [2.24, 2.45) is 0 Å². The van der Waals surface area contributed by atoms with Crippen LogP contribution in [0, 0.1) is 6.92 Å². The molecule has 2 aromatic rings. The number of nitrogens with zero attached hydrogens (tertiary/aromatic N) is 2. The van der Waals surface area contributed by atoms with Gasteiger partial charge < -0.3 is 9.64 Å². The van der Waals surface area contributed by atoms with Crippen LogP contribution < -0.4 is 4.74 Å². The molecule has 2 heterocycles. The van der Waals surface area contributed by atoms with E-state index in [1.165, 1.54) is 48.2 Å². The number of unbranched alkanes of at least 4 members (excludes halogenated alkanes) is 1. The van der Waals surface area contributed by atoms with E-state index in [1.807, 2.05) is 12.3 Å². The molecule has 1 aromatic carbocycles. The molecule has 0 spiro atoms. The lowest BCUT2D eigenvalue weighted by molar-refractivity contribution is 0.254. The summed E-state index contributed by atoms with van der Waals surface area (Å²) in [6.07, 6.45) is 9.98. The Labute approximate surface area is 183 Å². The Kier molecular flexibility index (Phi) is 8.74. The second-order valence-corrected chi connectivity index (χ2v) is 8.81. The Morgan fingerprint density at radius 1 is 1.10 bits per heavy atom. The summed E-state index contributed by atoms with van der Waals surface area (Å²) in [5, 5.41) is 0. The summed E-state index contributed by atoms with van der Waals surface area (Å²) in [6, 6.07) is 11.8. The van der Waals surface area contributed by atoms with Crippen LogP contribution in [0.15, 0.2) is 36.5 Å². The van der Waals surface area contributed by atoms with Gasteiger partial charge in [-0.1, -0.05) is 51.8 Å². The summed E-state index contributed by atoms with van der Waals surface area (Å²) in [7, 11) is 0. The van der Waals surface area contributed by atoms with Crippen LogP contribution in [0.4, 0.5) is 0 Å². The highest BCUT2D eigenvalue weighted by Gasteiger charge is 2.32. The minimum absolute atomic E-state index is 0.623. The second kappa shape index (κ2) is 11.5. The number of likely N-dealkylation sites (N-methyl/N-ethyl adjacent to an activating group) is 1. The first-order valence-corrected chi connectivity index (χ1v) is 12.1. The zero-order valence-corrected chi connectivity index (χ0v) is 19.5. The molecule has 1 aliphatic rings. The zero-order chi connectivity index (χ0) is 21.3. The maximum atomic E-state index is 6.21. The molecule has 30 heavy (non-hydrogen) atoms. The number of benzene rings is 1. The number of likely N-dealkylation sites (tertiary alicyclic amines) is 1. The Balaban J connectivity index is 1.72. The van der Waals surface area contributed by atoms with Gasteiger partial charge in [-0.05, 0) is 80.3 Å². The van der Waals surface area contributed by atoms with E-state index in [-0.39, 0.29) is 0 Å². The van der Waals surface area contributed by atoms with Crippen LogP contribution >= 0.6 is 0 Å². The summed E-state index contributed by atoms with van der Waals surface area (Å²) >= 11 is 0. The van der Waals surface area contributed by atoms with Gasteiger partial charge in [-0.25, -0.2) is 0 Å². The molecular formula is C27H40N2O. The van der Waals surface area contributed by atoms with Gasteiger partial charge in [0.1, 0.15) is 5.75 Å². The fourth-order valence-corrected chi connectivity index (χ4v) is 4.87. The average molecular weight is 409 g/mol. The molecule has 0 aliphatic carbocycles. The van der Waals surface area contributed by atoms with Crippen LogP contribution in [0.5, 0.6) is 5.75 Å². The van der Waals surface area contributed by atoms with Crippen molar-refractivity contribution in [3.63, 3.8) is 0 Å². The summed E-state index contributed by atoms with van der Waals surface area (Å²) in [5.41, 5.74) is 5.44. The summed E-state index contributed by atoms with van der Waals surface area (Å²) in [6.45, 7) is 12.1. The maximum Gasteiger partial charge on any atom is 0.125 e. The number of hydrogen-bond donors (Lipinski definition) is 0. The molecule has 0 saturated carbocycles. The summed E-state index contributed by atoms with van der Waals surface area (Å²) < 4.78 is 6.21. The molecule has 3 rings (SSSR count). The number of aromatic nitrogens is 1. The summed E-state index contributed by atoms with van der Waals surface area (Å²) in [4.78, 5) is 7.19. The highest BCUT2D eigenvalue weighted by Crippen LogP contribution is 2.37. The van der Waals surface area contributed by atoms with Crippen molar-refractivity contribution in [1.82, 2.24) is 9.88 Å². The highest BCUT2D eigenvalue weighted by atomic mass is 16.5. The molecule has 1 saturated heterocycles. The quantitative estimate of drug-likeness (QED) is 0.406. The molecule has 0 radical (unpaired) electrons. The average Bonchev–Trinajstić information content (AvgIpc) is 3.18. The van der Waals surface area contributed by atoms with Gasteiger partial charge in [0.25, 0.3) is 0 Å². The van der Waals surface area contributed by atoms with Gasteiger partial charge in [-0.3, -0.25) is 4.98 Å². The molecule has 1 aromatic heterocycles. The molecule has 3 heteroatoms. The van der Waals surface area contributed by atoms with Crippen molar-refractivity contribution in [1.29, 1.82) is 0 Å². The van der Waals surface area contributed by atoms with E-state index < -0.39 is 0 Å². The van der Waals surface area contributed by atoms with E-state index >= 15 is 0 Å². The number of hydrogen-bond acceptors (Lipinski definition) is 3. The first kappa shape index (κ1) is 22.8. The van der Waals surface area contributed by atoms with Gasteiger partial charge >= 0.3 is 0 Å². The number of aryl methyl sites for hydroxylation is 3. The molecule has 2 atom stereocenters. The lowest BCUT2D eigenvalue weighted by atomic mass is 9.90. The number of rotatable bonds is 11. The minimum atomic E-state index is 0.623. The highest BCUT2D eigenvalue weighted by molar-refractivity contribution is 5.45. The first-order valence-electron chi connectivity index (χ1n) is 12.1. The first-order chi connectivity index (χ1) is 14.7. The normalized spacial score (nSPS) is 19.3. The van der Waals surface area contributed by atoms with Gasteiger partial charge in [-0.2, -0.15) is 0 Å². The van der Waals surface area contributed by atoms with E-state index in [0.717, 1.165) is 44.6 Å². The van der Waals surface area contributed by atoms with Gasteiger partial charge in [0.05, 0.1) is 6.61 Å². The molecule has 0 amide bonds. The van der Waals surface area contributed by atoms with E-state index in [9.17, 15) is 0 Å². The van der Waals surface area contributed by atoms with Crippen LogP contribution in [0.3, 0.4) is 0 Å². The fourth-order valence-electron chi connectivity index (χ4n) is 4.87. The SMILES string of the molecule is CCCCOc1c(C)cc(C2CC(CCc3ccccn3)N(CC)C2)cc1CCC. The van der Waals surface area contributed by atoms with Crippen LogP contribution in [-0.4, -0.2) is 35.6 Å². The van der Waals surface area contributed by atoms with Crippen molar-refractivity contribution in [2.45, 2.75) is 84.6 Å². The van der Waals surface area contributed by atoms with E-state index in [0.29, 0.717) is 12.0 Å². The zero-order valence-electron chi connectivity index (χ0n) is 19.5. The van der Waals surface area contributed by atoms with E-state index in [1.54, 1.807) is 0 Å². The predicted octanol–water partition coefficient (Wildman–Crippen LogP) is 6.33. The van der Waals surface area contributed by atoms with Crippen molar-refractivity contribution < 1.29 is 4.74 Å². The van der Waals surface area contributed by atoms with E-state index in [4.69, 9.17) is 4.74 Å². The Bertz CT molecular complexity index is 774. The van der Waals surface area contributed by atoms with E-state index in [2.05, 4.69) is 61.8 Å². The topological polar surface area (TPSA) is 25.4 Å². The van der Waals surface area contributed by atoms with Crippen molar-refractivity contribution in [3.8, 4) is 5.75 Å². The van der Waals surface area contributed by atoms with Crippen molar-refractivity contribution in [3.05, 3.63) is 58.9 Å². The molecule has 0 N–H and O–H groups in total. The lowest BCUT2D eigenvalue weighted by Gasteiger charge is -2.22. The molecule has 3 nitrogen and oxygen atoms in total. The number of pyridine rings is 1. The van der Waals surface area contributed by atoms with Crippen LogP contribution in [0.2, 0.25) is 0 Å². The molecule has 0 bridgehead atoms. The maximum absolute atomic E-state index is 6.21. The molecule has 1 aliphatic heterocycles. The molecule has 164 valence electrons. The smallest absolute Gasteiger partial charge is 0.125 e. The largest absolute Gasteiger partial charge is 0.493 e. The van der Waals surface area contributed by atoms with Gasteiger partial charge in [-0.15, -0.1) is 0 Å². The second-order valence-electron chi connectivity index (χ2n) is 8.81. The lowest BCUT2D eigenvalue weighted by Crippen LogP contribution is -2.29. The van der Waals surface area contributed by atoms with Gasteiger partial charge in [0, 0.05) is 24.5 Å². The predicted molar refractivity (Wildman–Crippen MR) is 127 cm³/mol.